The molecule has 0 spiro atoms. The van der Waals surface area contributed by atoms with E-state index in [1.165, 1.54) is 5.56 Å². The molecular weight excluding hydrogens is 258 g/mol. The molecule has 0 fully saturated rings. The number of ether oxygens (including phenoxy) is 1. The van der Waals surface area contributed by atoms with Crippen LogP contribution in [0.4, 0.5) is 0 Å². The third-order valence-electron chi connectivity index (χ3n) is 3.71. The van der Waals surface area contributed by atoms with Crippen LogP contribution >= 0.6 is 0 Å². The molecule has 0 saturated heterocycles. The van der Waals surface area contributed by atoms with Gasteiger partial charge >= 0.3 is 0 Å². The third kappa shape index (κ3) is 3.85. The van der Waals surface area contributed by atoms with E-state index in [2.05, 4.69) is 39.8 Å². The maximum Gasteiger partial charge on any atom is 0.132 e. The average molecular weight is 283 g/mol. The average Bonchev–Trinajstić information content (AvgIpc) is 2.46. The minimum atomic E-state index is 0.00930. The first kappa shape index (κ1) is 15.6. The predicted octanol–water partition coefficient (Wildman–Crippen LogP) is 5.19. The van der Waals surface area contributed by atoms with E-state index in [0.29, 0.717) is 0 Å². The standard InChI is InChI=1S/C19H25NO/c1-5-17(20)16-8-6-7-9-18(16)21-15-12-10-14(11-13-15)19(2,3)4/h6-13,17H,5,20H2,1-4H3/t17-/m0/s1. The zero-order valence-electron chi connectivity index (χ0n) is 13.4. The topological polar surface area (TPSA) is 35.2 Å². The molecule has 0 radical (unpaired) electrons. The summed E-state index contributed by atoms with van der Waals surface area (Å²) in [5, 5.41) is 0. The normalized spacial score (nSPS) is 13.0. The summed E-state index contributed by atoms with van der Waals surface area (Å²) in [5.74, 6) is 1.69. The molecule has 0 unspecified atom stereocenters. The number of para-hydroxylation sites is 1. The lowest BCUT2D eigenvalue weighted by molar-refractivity contribution is 0.467. The molecule has 2 aromatic rings. The monoisotopic (exact) mass is 283 g/mol. The quantitative estimate of drug-likeness (QED) is 0.838. The van der Waals surface area contributed by atoms with E-state index in [1.54, 1.807) is 0 Å². The molecule has 0 saturated carbocycles. The highest BCUT2D eigenvalue weighted by Crippen LogP contribution is 2.31. The Balaban J connectivity index is 2.23. The lowest BCUT2D eigenvalue weighted by atomic mass is 9.87. The van der Waals surface area contributed by atoms with Crippen molar-refractivity contribution in [3.05, 3.63) is 59.7 Å². The first-order valence-corrected chi connectivity index (χ1v) is 7.54. The van der Waals surface area contributed by atoms with E-state index in [1.807, 2.05) is 36.4 Å². The molecule has 21 heavy (non-hydrogen) atoms. The Hall–Kier alpha value is -1.80. The minimum absolute atomic E-state index is 0.00930. The molecule has 0 aliphatic carbocycles. The summed E-state index contributed by atoms with van der Waals surface area (Å²) in [5.41, 5.74) is 8.66. The van der Waals surface area contributed by atoms with Crippen molar-refractivity contribution >= 4 is 0 Å². The van der Waals surface area contributed by atoms with Gasteiger partial charge in [-0.05, 0) is 35.6 Å². The van der Waals surface area contributed by atoms with Crippen LogP contribution in [0.15, 0.2) is 48.5 Å². The third-order valence-corrected chi connectivity index (χ3v) is 3.71. The Kier molecular flexibility index (Phi) is 4.69. The van der Waals surface area contributed by atoms with Gasteiger partial charge in [0.2, 0.25) is 0 Å². The van der Waals surface area contributed by atoms with Gasteiger partial charge in [-0.3, -0.25) is 0 Å². The number of hydrogen-bond acceptors (Lipinski definition) is 2. The molecule has 0 aliphatic rings. The summed E-state index contributed by atoms with van der Waals surface area (Å²) >= 11 is 0. The molecule has 2 nitrogen and oxygen atoms in total. The second kappa shape index (κ2) is 6.31. The van der Waals surface area contributed by atoms with Crippen molar-refractivity contribution in [1.29, 1.82) is 0 Å². The van der Waals surface area contributed by atoms with E-state index >= 15 is 0 Å². The van der Waals surface area contributed by atoms with Crippen molar-refractivity contribution < 1.29 is 4.74 Å². The molecule has 0 bridgehead atoms. The second-order valence-electron chi connectivity index (χ2n) is 6.43. The lowest BCUT2D eigenvalue weighted by Crippen LogP contribution is -2.11. The fraction of sp³-hybridized carbons (Fsp3) is 0.368. The van der Waals surface area contributed by atoms with Gasteiger partial charge in [0.15, 0.2) is 0 Å². The summed E-state index contributed by atoms with van der Waals surface area (Å²) < 4.78 is 6.02. The van der Waals surface area contributed by atoms with E-state index in [4.69, 9.17) is 10.5 Å². The Morgan fingerprint density at radius 1 is 1.00 bits per heavy atom. The maximum absolute atomic E-state index is 6.15. The van der Waals surface area contributed by atoms with E-state index in [9.17, 15) is 0 Å². The van der Waals surface area contributed by atoms with Crippen molar-refractivity contribution in [2.75, 3.05) is 0 Å². The van der Waals surface area contributed by atoms with Crippen LogP contribution < -0.4 is 10.5 Å². The largest absolute Gasteiger partial charge is 0.457 e. The van der Waals surface area contributed by atoms with E-state index in [-0.39, 0.29) is 11.5 Å². The van der Waals surface area contributed by atoms with Gasteiger partial charge in [-0.2, -0.15) is 0 Å². The van der Waals surface area contributed by atoms with Crippen LogP contribution in [0.25, 0.3) is 0 Å². The maximum atomic E-state index is 6.15. The van der Waals surface area contributed by atoms with E-state index < -0.39 is 0 Å². The molecule has 2 aromatic carbocycles. The first-order valence-electron chi connectivity index (χ1n) is 7.54. The fourth-order valence-corrected chi connectivity index (χ4v) is 2.25. The molecule has 2 rings (SSSR count). The first-order chi connectivity index (χ1) is 9.91. The summed E-state index contributed by atoms with van der Waals surface area (Å²) in [4.78, 5) is 0. The number of benzene rings is 2. The highest BCUT2D eigenvalue weighted by Gasteiger charge is 2.14. The molecule has 1 atom stereocenters. The van der Waals surface area contributed by atoms with Crippen molar-refractivity contribution in [2.24, 2.45) is 5.73 Å². The van der Waals surface area contributed by atoms with Crippen molar-refractivity contribution in [3.8, 4) is 11.5 Å². The minimum Gasteiger partial charge on any atom is -0.457 e. The van der Waals surface area contributed by atoms with Crippen molar-refractivity contribution in [3.63, 3.8) is 0 Å². The number of rotatable bonds is 4. The molecule has 2 heteroatoms. The highest BCUT2D eigenvalue weighted by atomic mass is 16.5. The number of nitrogens with two attached hydrogens (primary N) is 1. The van der Waals surface area contributed by atoms with Gasteiger partial charge < -0.3 is 10.5 Å². The molecule has 0 heterocycles. The molecule has 0 amide bonds. The van der Waals surface area contributed by atoms with Gasteiger partial charge in [-0.25, -0.2) is 0 Å². The lowest BCUT2D eigenvalue weighted by Gasteiger charge is -2.20. The predicted molar refractivity (Wildman–Crippen MR) is 88.9 cm³/mol. The number of hydrogen-bond donors (Lipinski definition) is 1. The SMILES string of the molecule is CC[C@H](N)c1ccccc1Oc1ccc(C(C)(C)C)cc1. The van der Waals surface area contributed by atoms with Gasteiger partial charge in [0.1, 0.15) is 11.5 Å². The van der Waals surface area contributed by atoms with Crippen molar-refractivity contribution in [1.82, 2.24) is 0 Å². The molecule has 0 aromatic heterocycles. The van der Waals surface area contributed by atoms with Crippen LogP contribution in [0.2, 0.25) is 0 Å². The Labute approximate surface area is 127 Å². The summed E-state index contributed by atoms with van der Waals surface area (Å²) in [7, 11) is 0. The molecular formula is C19H25NO. The van der Waals surface area contributed by atoms with Crippen LogP contribution in [-0.4, -0.2) is 0 Å². The van der Waals surface area contributed by atoms with Gasteiger partial charge in [-0.1, -0.05) is 58.0 Å². The van der Waals surface area contributed by atoms with Crippen LogP contribution in [0.3, 0.4) is 0 Å². The van der Waals surface area contributed by atoms with Crippen LogP contribution in [-0.2, 0) is 5.41 Å². The summed E-state index contributed by atoms with van der Waals surface area (Å²) in [6.45, 7) is 8.70. The van der Waals surface area contributed by atoms with Crippen molar-refractivity contribution in [2.45, 2.75) is 45.6 Å². The molecule has 2 N–H and O–H groups in total. The Morgan fingerprint density at radius 2 is 1.62 bits per heavy atom. The van der Waals surface area contributed by atoms with Crippen LogP contribution in [0.5, 0.6) is 11.5 Å². The summed E-state index contributed by atoms with van der Waals surface area (Å²) in [6.07, 6.45) is 0.892. The highest BCUT2D eigenvalue weighted by molar-refractivity contribution is 5.40. The van der Waals surface area contributed by atoms with E-state index in [0.717, 1.165) is 23.5 Å². The zero-order chi connectivity index (χ0) is 15.5. The Morgan fingerprint density at radius 3 is 2.19 bits per heavy atom. The van der Waals surface area contributed by atoms with Gasteiger partial charge in [-0.15, -0.1) is 0 Å². The van der Waals surface area contributed by atoms with Gasteiger partial charge in [0.05, 0.1) is 0 Å². The zero-order valence-corrected chi connectivity index (χ0v) is 13.4. The smallest absolute Gasteiger partial charge is 0.132 e. The Bertz CT molecular complexity index is 581. The molecule has 0 aliphatic heterocycles. The van der Waals surface area contributed by atoms with Gasteiger partial charge in [0.25, 0.3) is 0 Å². The second-order valence-corrected chi connectivity index (χ2v) is 6.43. The van der Waals surface area contributed by atoms with Gasteiger partial charge in [0, 0.05) is 11.6 Å². The molecule has 112 valence electrons. The summed E-state index contributed by atoms with van der Waals surface area (Å²) in [6, 6.07) is 16.3. The fourth-order valence-electron chi connectivity index (χ4n) is 2.25. The van der Waals surface area contributed by atoms with Crippen LogP contribution in [0, 0.1) is 0 Å². The van der Waals surface area contributed by atoms with Crippen LogP contribution in [0.1, 0.15) is 51.3 Å².